The molecule has 3 rings (SSSR count). The SMILES string of the molecule is Cc1ccn2nc(S(=O)(=O)Nc3c(C)ccc(C(=O)OC(C)C)c3Br)nc2n1. The van der Waals surface area contributed by atoms with Crippen molar-refractivity contribution in [1.29, 1.82) is 0 Å². The number of anilines is 1. The molecule has 0 bridgehead atoms. The van der Waals surface area contributed by atoms with E-state index in [0.29, 0.717) is 11.3 Å². The normalized spacial score (nSPS) is 11.8. The van der Waals surface area contributed by atoms with Crippen LogP contribution in [0.4, 0.5) is 5.69 Å². The molecule has 28 heavy (non-hydrogen) atoms. The highest BCUT2D eigenvalue weighted by Gasteiger charge is 2.25. The van der Waals surface area contributed by atoms with Gasteiger partial charge in [-0.25, -0.2) is 14.3 Å². The van der Waals surface area contributed by atoms with Crippen LogP contribution in [-0.2, 0) is 14.8 Å². The molecule has 0 fully saturated rings. The number of fused-ring (bicyclic) bond motifs is 1. The van der Waals surface area contributed by atoms with Gasteiger partial charge in [-0.2, -0.15) is 13.4 Å². The molecule has 1 aromatic carbocycles. The van der Waals surface area contributed by atoms with Crippen LogP contribution in [0.2, 0.25) is 0 Å². The molecule has 148 valence electrons. The lowest BCUT2D eigenvalue weighted by Crippen LogP contribution is -2.18. The first-order chi connectivity index (χ1) is 13.1. The summed E-state index contributed by atoms with van der Waals surface area (Å²) in [5, 5.41) is 3.54. The summed E-state index contributed by atoms with van der Waals surface area (Å²) in [4.78, 5) is 20.4. The number of hydrogen-bond acceptors (Lipinski definition) is 7. The average molecular weight is 468 g/mol. The molecule has 0 atom stereocenters. The highest BCUT2D eigenvalue weighted by Crippen LogP contribution is 2.32. The first-order valence-corrected chi connectivity index (χ1v) is 10.6. The zero-order chi connectivity index (χ0) is 20.6. The van der Waals surface area contributed by atoms with Gasteiger partial charge in [0.05, 0.1) is 21.8 Å². The van der Waals surface area contributed by atoms with Crippen molar-refractivity contribution in [1.82, 2.24) is 19.6 Å². The predicted octanol–water partition coefficient (Wildman–Crippen LogP) is 2.87. The highest BCUT2D eigenvalue weighted by molar-refractivity contribution is 9.10. The number of halogens is 1. The number of aromatic nitrogens is 4. The molecule has 9 nitrogen and oxygen atoms in total. The van der Waals surface area contributed by atoms with Crippen LogP contribution < -0.4 is 4.72 Å². The minimum atomic E-state index is -4.11. The molecule has 0 radical (unpaired) electrons. The van der Waals surface area contributed by atoms with Crippen LogP contribution in [0.25, 0.3) is 5.78 Å². The molecule has 0 saturated heterocycles. The number of rotatable bonds is 5. The van der Waals surface area contributed by atoms with Crippen LogP contribution >= 0.6 is 15.9 Å². The Labute approximate surface area is 170 Å². The van der Waals surface area contributed by atoms with Gasteiger partial charge in [-0.15, -0.1) is 5.10 Å². The highest BCUT2D eigenvalue weighted by atomic mass is 79.9. The van der Waals surface area contributed by atoms with Gasteiger partial charge in [0.25, 0.3) is 21.0 Å². The van der Waals surface area contributed by atoms with Crippen LogP contribution in [0, 0.1) is 13.8 Å². The Kier molecular flexibility index (Phi) is 5.39. The maximum absolute atomic E-state index is 12.8. The van der Waals surface area contributed by atoms with Crippen molar-refractivity contribution in [3.05, 3.63) is 45.7 Å². The van der Waals surface area contributed by atoms with Crippen LogP contribution in [0.5, 0.6) is 0 Å². The van der Waals surface area contributed by atoms with Crippen LogP contribution in [0.15, 0.2) is 34.0 Å². The largest absolute Gasteiger partial charge is 0.459 e. The zero-order valence-electron chi connectivity index (χ0n) is 15.6. The summed E-state index contributed by atoms with van der Waals surface area (Å²) >= 11 is 3.31. The van der Waals surface area contributed by atoms with E-state index in [1.807, 2.05) is 0 Å². The Morgan fingerprint density at radius 3 is 2.61 bits per heavy atom. The number of nitrogens with one attached hydrogen (secondary N) is 1. The fourth-order valence-corrected chi connectivity index (χ4v) is 4.23. The minimum Gasteiger partial charge on any atom is -0.459 e. The van der Waals surface area contributed by atoms with E-state index in [4.69, 9.17) is 4.74 Å². The Balaban J connectivity index is 2.00. The third kappa shape index (κ3) is 3.99. The zero-order valence-corrected chi connectivity index (χ0v) is 18.0. The van der Waals surface area contributed by atoms with E-state index < -0.39 is 21.1 Å². The average Bonchev–Trinajstić information content (AvgIpc) is 3.02. The number of sulfonamides is 1. The van der Waals surface area contributed by atoms with Crippen molar-refractivity contribution in [2.24, 2.45) is 0 Å². The number of benzene rings is 1. The number of carbonyl (C=O) groups is 1. The number of ether oxygens (including phenoxy) is 1. The molecule has 0 aliphatic carbocycles. The van der Waals surface area contributed by atoms with Gasteiger partial charge in [0, 0.05) is 11.9 Å². The van der Waals surface area contributed by atoms with Gasteiger partial charge in [0.1, 0.15) is 0 Å². The molecule has 3 aromatic rings. The van der Waals surface area contributed by atoms with Gasteiger partial charge in [-0.1, -0.05) is 6.07 Å². The molecule has 0 aliphatic heterocycles. The van der Waals surface area contributed by atoms with Crippen LogP contribution in [0.1, 0.15) is 35.5 Å². The lowest BCUT2D eigenvalue weighted by Gasteiger charge is -2.15. The second-order valence-electron chi connectivity index (χ2n) is 6.39. The molecule has 0 spiro atoms. The molecular formula is C17H18BrN5O4S. The fourth-order valence-electron chi connectivity index (χ4n) is 2.37. The molecule has 0 unspecified atom stereocenters. The Morgan fingerprint density at radius 1 is 1.21 bits per heavy atom. The molecule has 0 amide bonds. The summed E-state index contributed by atoms with van der Waals surface area (Å²) in [7, 11) is -4.11. The van der Waals surface area contributed by atoms with Crippen LogP contribution in [-0.4, -0.2) is 40.1 Å². The smallest absolute Gasteiger partial charge is 0.339 e. The number of esters is 1. The predicted molar refractivity (Wildman–Crippen MR) is 106 cm³/mol. The van der Waals surface area contributed by atoms with Gasteiger partial charge in [0.15, 0.2) is 0 Å². The standard InChI is InChI=1S/C17H18BrN5O4S/c1-9(2)27-15(24)12-6-5-10(3)14(13(12)18)22-28(25,26)17-20-16-19-11(4)7-8-23(16)21-17/h5-9,22H,1-4H3. The summed E-state index contributed by atoms with van der Waals surface area (Å²) in [6, 6.07) is 4.88. The molecule has 0 aliphatic rings. The molecule has 0 saturated carbocycles. The van der Waals surface area contributed by atoms with Gasteiger partial charge in [-0.05, 0) is 61.3 Å². The summed E-state index contributed by atoms with van der Waals surface area (Å²) < 4.78 is 34.8. The van der Waals surface area contributed by atoms with E-state index in [1.54, 1.807) is 52.1 Å². The Hall–Kier alpha value is -2.53. The Bertz CT molecular complexity index is 1170. The lowest BCUT2D eigenvalue weighted by molar-refractivity contribution is 0.0377. The monoisotopic (exact) mass is 467 g/mol. The minimum absolute atomic E-state index is 0.172. The van der Waals surface area contributed by atoms with Crippen molar-refractivity contribution < 1.29 is 17.9 Å². The van der Waals surface area contributed by atoms with Crippen molar-refractivity contribution in [3.63, 3.8) is 0 Å². The van der Waals surface area contributed by atoms with Crippen molar-refractivity contribution in [2.75, 3.05) is 4.72 Å². The number of hydrogen-bond donors (Lipinski definition) is 1. The van der Waals surface area contributed by atoms with E-state index in [0.717, 1.165) is 0 Å². The third-order valence-electron chi connectivity index (χ3n) is 3.72. The van der Waals surface area contributed by atoms with E-state index in [1.165, 1.54) is 4.52 Å². The van der Waals surface area contributed by atoms with E-state index in [2.05, 4.69) is 35.7 Å². The van der Waals surface area contributed by atoms with Gasteiger partial charge in [0.2, 0.25) is 0 Å². The second kappa shape index (κ2) is 7.47. The third-order valence-corrected chi connectivity index (χ3v) is 5.67. The summed E-state index contributed by atoms with van der Waals surface area (Å²) in [5.74, 6) is -0.390. The Morgan fingerprint density at radius 2 is 1.93 bits per heavy atom. The van der Waals surface area contributed by atoms with Crippen molar-refractivity contribution in [2.45, 2.75) is 39.0 Å². The molecular weight excluding hydrogens is 450 g/mol. The van der Waals surface area contributed by atoms with Crippen molar-refractivity contribution >= 4 is 43.4 Å². The molecule has 2 aromatic heterocycles. The molecule has 2 heterocycles. The van der Waals surface area contributed by atoms with Gasteiger partial charge < -0.3 is 4.74 Å². The quantitative estimate of drug-likeness (QED) is 0.573. The summed E-state index contributed by atoms with van der Waals surface area (Å²) in [6.45, 7) is 6.94. The number of carbonyl (C=O) groups excluding carboxylic acids is 1. The lowest BCUT2D eigenvalue weighted by atomic mass is 10.1. The maximum atomic E-state index is 12.8. The van der Waals surface area contributed by atoms with Gasteiger partial charge in [-0.3, -0.25) is 4.72 Å². The molecule has 11 heteroatoms. The van der Waals surface area contributed by atoms with E-state index in [-0.39, 0.29) is 27.6 Å². The van der Waals surface area contributed by atoms with E-state index in [9.17, 15) is 13.2 Å². The topological polar surface area (TPSA) is 116 Å². The second-order valence-corrected chi connectivity index (χ2v) is 8.76. The molecule has 1 N–H and O–H groups in total. The van der Waals surface area contributed by atoms with Gasteiger partial charge >= 0.3 is 5.97 Å². The van der Waals surface area contributed by atoms with Crippen molar-refractivity contribution in [3.8, 4) is 0 Å². The summed E-state index contributed by atoms with van der Waals surface area (Å²) in [6.07, 6.45) is 1.27. The maximum Gasteiger partial charge on any atom is 0.339 e. The number of nitrogens with zero attached hydrogens (tertiary/aromatic N) is 4. The van der Waals surface area contributed by atoms with Crippen LogP contribution in [0.3, 0.4) is 0 Å². The first-order valence-electron chi connectivity index (χ1n) is 8.31. The fraction of sp³-hybridized carbons (Fsp3) is 0.294. The first kappa shape index (κ1) is 20.2. The number of aryl methyl sites for hydroxylation is 2. The summed E-state index contributed by atoms with van der Waals surface area (Å²) in [5.41, 5.74) is 1.71. The van der Waals surface area contributed by atoms with E-state index >= 15 is 0 Å².